The van der Waals surface area contributed by atoms with E-state index in [1.54, 1.807) is 0 Å². The van der Waals surface area contributed by atoms with Crippen LogP contribution < -0.4 is 11.1 Å². The van der Waals surface area contributed by atoms with E-state index in [-0.39, 0.29) is 29.4 Å². The summed E-state index contributed by atoms with van der Waals surface area (Å²) < 4.78 is 5.55. The van der Waals surface area contributed by atoms with Gasteiger partial charge in [0.2, 0.25) is 0 Å². The van der Waals surface area contributed by atoms with Gasteiger partial charge in [-0.1, -0.05) is 41.9 Å². The van der Waals surface area contributed by atoms with Crippen LogP contribution in [0.2, 0.25) is 5.02 Å². The number of benzene rings is 2. The second-order valence-corrected chi connectivity index (χ2v) is 6.53. The van der Waals surface area contributed by atoms with Crippen molar-refractivity contribution in [3.05, 3.63) is 65.2 Å². The van der Waals surface area contributed by atoms with Gasteiger partial charge < -0.3 is 15.8 Å². The number of para-hydroxylation sites is 1. The van der Waals surface area contributed by atoms with Crippen LogP contribution in [0.1, 0.15) is 18.4 Å². The van der Waals surface area contributed by atoms with Gasteiger partial charge in [-0.15, -0.1) is 24.0 Å². The molecule has 0 unspecified atom stereocenters. The molecule has 3 N–H and O–H groups in total. The van der Waals surface area contributed by atoms with Gasteiger partial charge in [0.25, 0.3) is 0 Å². The van der Waals surface area contributed by atoms with Crippen LogP contribution in [0.3, 0.4) is 0 Å². The Balaban J connectivity index is 0.00000225. The lowest BCUT2D eigenvalue weighted by molar-refractivity contribution is 0.0531. The van der Waals surface area contributed by atoms with E-state index >= 15 is 0 Å². The molecule has 25 heavy (non-hydrogen) atoms. The van der Waals surface area contributed by atoms with E-state index < -0.39 is 0 Å². The number of hydrogen-bond acceptors (Lipinski definition) is 2. The molecule has 1 heterocycles. The van der Waals surface area contributed by atoms with Crippen molar-refractivity contribution >= 4 is 47.2 Å². The quantitative estimate of drug-likeness (QED) is 0.394. The Morgan fingerprint density at radius 1 is 1.12 bits per heavy atom. The standard InChI is InChI=1S/C19H22ClN3O.HI/c20-16-6-4-5-15(13-16)19(9-11-24-12-10-19)14-22-18(21)23-17-7-2-1-3-8-17;/h1-8,13H,9-12,14H2,(H3,21,22,23);1H. The van der Waals surface area contributed by atoms with E-state index in [0.29, 0.717) is 12.5 Å². The summed E-state index contributed by atoms with van der Waals surface area (Å²) >= 11 is 6.19. The summed E-state index contributed by atoms with van der Waals surface area (Å²) in [5.41, 5.74) is 8.13. The molecule has 1 aliphatic heterocycles. The molecule has 6 heteroatoms. The Hall–Kier alpha value is -1.31. The highest BCUT2D eigenvalue weighted by Crippen LogP contribution is 2.36. The van der Waals surface area contributed by atoms with Crippen LogP contribution in [-0.4, -0.2) is 25.7 Å². The molecule has 4 nitrogen and oxygen atoms in total. The summed E-state index contributed by atoms with van der Waals surface area (Å²) in [5.74, 6) is 0.425. The molecule has 0 atom stereocenters. The second-order valence-electron chi connectivity index (χ2n) is 6.10. The fourth-order valence-corrected chi connectivity index (χ4v) is 3.25. The van der Waals surface area contributed by atoms with Crippen LogP contribution in [0, 0.1) is 0 Å². The molecular formula is C19H23ClIN3O. The van der Waals surface area contributed by atoms with Crippen LogP contribution in [0.25, 0.3) is 0 Å². The minimum Gasteiger partial charge on any atom is -0.381 e. The van der Waals surface area contributed by atoms with Gasteiger partial charge in [-0.3, -0.25) is 4.99 Å². The summed E-state index contributed by atoms with van der Waals surface area (Å²) in [7, 11) is 0. The van der Waals surface area contributed by atoms with Gasteiger partial charge in [-0.05, 0) is 42.7 Å². The van der Waals surface area contributed by atoms with Gasteiger partial charge >= 0.3 is 0 Å². The summed E-state index contributed by atoms with van der Waals surface area (Å²) in [4.78, 5) is 4.61. The molecule has 0 aromatic heterocycles. The van der Waals surface area contributed by atoms with Crippen molar-refractivity contribution in [3.8, 4) is 0 Å². The molecule has 1 aliphatic rings. The molecular weight excluding hydrogens is 449 g/mol. The first-order valence-corrected chi connectivity index (χ1v) is 8.52. The summed E-state index contributed by atoms with van der Waals surface area (Å²) in [5, 5.41) is 3.88. The lowest BCUT2D eigenvalue weighted by atomic mass is 9.74. The largest absolute Gasteiger partial charge is 0.381 e. The molecule has 2 aromatic rings. The number of guanidine groups is 1. The third-order valence-corrected chi connectivity index (χ3v) is 4.72. The fourth-order valence-electron chi connectivity index (χ4n) is 3.06. The number of nitrogens with two attached hydrogens (primary N) is 1. The van der Waals surface area contributed by atoms with Crippen molar-refractivity contribution in [2.45, 2.75) is 18.3 Å². The molecule has 3 rings (SSSR count). The highest BCUT2D eigenvalue weighted by Gasteiger charge is 2.34. The summed E-state index contributed by atoms with van der Waals surface area (Å²) in [6.07, 6.45) is 1.82. The van der Waals surface area contributed by atoms with Crippen molar-refractivity contribution in [2.24, 2.45) is 10.7 Å². The first-order chi connectivity index (χ1) is 11.7. The number of hydrogen-bond donors (Lipinski definition) is 2. The zero-order valence-corrected chi connectivity index (χ0v) is 17.0. The number of nitrogens with zero attached hydrogens (tertiary/aromatic N) is 1. The molecule has 0 amide bonds. The normalized spacial score (nSPS) is 16.8. The number of nitrogens with one attached hydrogen (secondary N) is 1. The molecule has 134 valence electrons. The van der Waals surface area contributed by atoms with E-state index in [1.165, 1.54) is 5.56 Å². The zero-order valence-electron chi connectivity index (χ0n) is 14.0. The monoisotopic (exact) mass is 471 g/mol. The minimum absolute atomic E-state index is 0. The minimum atomic E-state index is -0.0772. The summed E-state index contributed by atoms with van der Waals surface area (Å²) in [6.45, 7) is 2.07. The molecule has 1 saturated heterocycles. The van der Waals surface area contributed by atoms with Crippen LogP contribution in [-0.2, 0) is 10.2 Å². The first-order valence-electron chi connectivity index (χ1n) is 8.14. The average molecular weight is 472 g/mol. The van der Waals surface area contributed by atoms with Crippen LogP contribution in [0.5, 0.6) is 0 Å². The molecule has 0 radical (unpaired) electrons. The third-order valence-electron chi connectivity index (χ3n) is 4.49. The molecule has 2 aromatic carbocycles. The average Bonchev–Trinajstić information content (AvgIpc) is 2.62. The number of ether oxygens (including phenoxy) is 1. The predicted molar refractivity (Wildman–Crippen MR) is 115 cm³/mol. The lowest BCUT2D eigenvalue weighted by Gasteiger charge is -2.36. The van der Waals surface area contributed by atoms with Crippen molar-refractivity contribution in [2.75, 3.05) is 25.1 Å². The lowest BCUT2D eigenvalue weighted by Crippen LogP contribution is -2.38. The highest BCUT2D eigenvalue weighted by molar-refractivity contribution is 14.0. The Labute approximate surface area is 170 Å². The number of halogens is 2. The van der Waals surface area contributed by atoms with E-state index in [4.69, 9.17) is 22.1 Å². The molecule has 0 spiro atoms. The van der Waals surface area contributed by atoms with Crippen LogP contribution in [0.15, 0.2) is 59.6 Å². The SMILES string of the molecule is I.NC(=NCC1(c2cccc(Cl)c2)CCOCC1)Nc1ccccc1. The molecule has 0 saturated carbocycles. The van der Waals surface area contributed by atoms with Gasteiger partial charge in [0.1, 0.15) is 0 Å². The molecule has 1 fully saturated rings. The van der Waals surface area contributed by atoms with Crippen molar-refractivity contribution in [1.29, 1.82) is 0 Å². The van der Waals surface area contributed by atoms with E-state index in [2.05, 4.69) is 16.4 Å². The van der Waals surface area contributed by atoms with E-state index in [9.17, 15) is 0 Å². The second kappa shape index (κ2) is 9.40. The maximum absolute atomic E-state index is 6.19. The fraction of sp³-hybridized carbons (Fsp3) is 0.316. The van der Waals surface area contributed by atoms with Crippen molar-refractivity contribution in [3.63, 3.8) is 0 Å². The predicted octanol–water partition coefficient (Wildman–Crippen LogP) is 4.43. The molecule has 0 bridgehead atoms. The van der Waals surface area contributed by atoms with Crippen molar-refractivity contribution in [1.82, 2.24) is 0 Å². The van der Waals surface area contributed by atoms with Crippen molar-refractivity contribution < 1.29 is 4.74 Å². The topological polar surface area (TPSA) is 59.6 Å². The first kappa shape index (κ1) is 20.0. The Morgan fingerprint density at radius 2 is 1.84 bits per heavy atom. The maximum atomic E-state index is 6.19. The van der Waals surface area contributed by atoms with Gasteiger partial charge in [0.15, 0.2) is 5.96 Å². The smallest absolute Gasteiger partial charge is 0.193 e. The van der Waals surface area contributed by atoms with Gasteiger partial charge in [-0.25, -0.2) is 0 Å². The van der Waals surface area contributed by atoms with Gasteiger partial charge in [0, 0.05) is 29.3 Å². The number of anilines is 1. The van der Waals surface area contributed by atoms with E-state index in [1.807, 2.05) is 48.5 Å². The van der Waals surface area contributed by atoms with Crippen LogP contribution in [0.4, 0.5) is 5.69 Å². The summed E-state index contributed by atoms with van der Waals surface area (Å²) in [6, 6.07) is 17.8. The Morgan fingerprint density at radius 3 is 2.52 bits per heavy atom. The Kier molecular flexibility index (Phi) is 7.53. The number of rotatable bonds is 4. The number of aliphatic imine (C=N–C) groups is 1. The van der Waals surface area contributed by atoms with Crippen LogP contribution >= 0.6 is 35.6 Å². The molecule has 0 aliphatic carbocycles. The van der Waals surface area contributed by atoms with Gasteiger partial charge in [-0.2, -0.15) is 0 Å². The third kappa shape index (κ3) is 5.33. The van der Waals surface area contributed by atoms with E-state index in [0.717, 1.165) is 36.8 Å². The Bertz CT molecular complexity index is 703. The zero-order chi connectivity index (χ0) is 16.8. The maximum Gasteiger partial charge on any atom is 0.193 e. The van der Waals surface area contributed by atoms with Gasteiger partial charge in [0.05, 0.1) is 6.54 Å². The highest BCUT2D eigenvalue weighted by atomic mass is 127.